The number of benzene rings is 2. The third-order valence-corrected chi connectivity index (χ3v) is 6.13. The van der Waals surface area contributed by atoms with Gasteiger partial charge in [0, 0.05) is 12.7 Å². The minimum atomic E-state index is -0.383. The van der Waals surface area contributed by atoms with Crippen LogP contribution in [0.1, 0.15) is 41.4 Å². The molecular weight excluding hydrogens is 384 g/mol. The number of methoxy groups -OCH3 is 1. The molecule has 0 saturated carbocycles. The van der Waals surface area contributed by atoms with Crippen molar-refractivity contribution in [3.8, 4) is 0 Å². The molecule has 3 aromatic rings. The molecule has 1 heterocycles. The normalized spacial score (nSPS) is 13.4. The number of rotatable bonds is 7. The van der Waals surface area contributed by atoms with Gasteiger partial charge >= 0.3 is 0 Å². The van der Waals surface area contributed by atoms with Crippen molar-refractivity contribution < 1.29 is 9.53 Å². The smallest absolute Gasteiger partial charge is 0.262 e. The zero-order valence-corrected chi connectivity index (χ0v) is 18.2. The van der Waals surface area contributed by atoms with Crippen LogP contribution >= 0.6 is 11.8 Å². The fraction of sp³-hybridized carbons (Fsp3) is 0.348. The van der Waals surface area contributed by atoms with Crippen LogP contribution in [-0.2, 0) is 4.74 Å². The van der Waals surface area contributed by atoms with Crippen molar-refractivity contribution in [3.63, 3.8) is 0 Å². The Kier molecular flexibility index (Phi) is 6.55. The summed E-state index contributed by atoms with van der Waals surface area (Å²) in [6.45, 7) is 8.18. The molecule has 0 aliphatic rings. The molecule has 152 valence electrons. The van der Waals surface area contributed by atoms with Gasteiger partial charge < -0.3 is 4.74 Å². The van der Waals surface area contributed by atoms with Crippen molar-refractivity contribution in [2.45, 2.75) is 44.1 Å². The van der Waals surface area contributed by atoms with Gasteiger partial charge in [-0.05, 0) is 57.0 Å². The summed E-state index contributed by atoms with van der Waals surface area (Å²) >= 11 is 1.31. The molecule has 0 spiro atoms. The lowest BCUT2D eigenvalue weighted by Gasteiger charge is -2.20. The molecule has 0 amide bonds. The van der Waals surface area contributed by atoms with Gasteiger partial charge in [-0.3, -0.25) is 14.2 Å². The summed E-state index contributed by atoms with van der Waals surface area (Å²) in [6, 6.07) is 12.8. The van der Waals surface area contributed by atoms with Gasteiger partial charge in [-0.1, -0.05) is 36.0 Å². The van der Waals surface area contributed by atoms with Gasteiger partial charge in [-0.2, -0.15) is 0 Å². The number of ether oxygens (including phenoxy) is 1. The molecule has 0 bridgehead atoms. The van der Waals surface area contributed by atoms with E-state index in [4.69, 9.17) is 9.72 Å². The van der Waals surface area contributed by atoms with Gasteiger partial charge in [-0.25, -0.2) is 4.98 Å². The number of thioether (sulfide) groups is 1. The van der Waals surface area contributed by atoms with E-state index >= 15 is 0 Å². The van der Waals surface area contributed by atoms with Crippen LogP contribution in [-0.4, -0.2) is 34.3 Å². The van der Waals surface area contributed by atoms with Crippen LogP contribution in [0.3, 0.4) is 0 Å². The minimum absolute atomic E-state index is 0.0199. The zero-order chi connectivity index (χ0) is 21.1. The van der Waals surface area contributed by atoms with Crippen molar-refractivity contribution in [2.24, 2.45) is 0 Å². The second-order valence-electron chi connectivity index (χ2n) is 7.31. The zero-order valence-electron chi connectivity index (χ0n) is 17.4. The van der Waals surface area contributed by atoms with Crippen LogP contribution in [0, 0.1) is 13.8 Å². The molecule has 0 N–H and O–H groups in total. The highest BCUT2D eigenvalue weighted by molar-refractivity contribution is 8.00. The van der Waals surface area contributed by atoms with Crippen LogP contribution in [0.25, 0.3) is 10.9 Å². The Labute approximate surface area is 175 Å². The van der Waals surface area contributed by atoms with Gasteiger partial charge in [0.15, 0.2) is 10.9 Å². The van der Waals surface area contributed by atoms with Gasteiger partial charge in [0.1, 0.15) is 0 Å². The predicted molar refractivity (Wildman–Crippen MR) is 118 cm³/mol. The molecule has 0 radical (unpaired) electrons. The van der Waals surface area contributed by atoms with E-state index in [1.54, 1.807) is 17.7 Å². The van der Waals surface area contributed by atoms with Gasteiger partial charge in [0.25, 0.3) is 5.56 Å². The van der Waals surface area contributed by atoms with Crippen LogP contribution < -0.4 is 5.56 Å². The summed E-state index contributed by atoms with van der Waals surface area (Å²) in [6.07, 6.45) is 0. The second kappa shape index (κ2) is 8.93. The fourth-order valence-electron chi connectivity index (χ4n) is 3.25. The van der Waals surface area contributed by atoms with Crippen molar-refractivity contribution in [1.29, 1.82) is 0 Å². The molecule has 1 aromatic heterocycles. The lowest BCUT2D eigenvalue weighted by molar-refractivity contribution is 0.0993. The van der Waals surface area contributed by atoms with Crippen LogP contribution in [0.5, 0.6) is 0 Å². The number of para-hydroxylation sites is 1. The molecule has 0 aliphatic carbocycles. The number of fused-ring (bicyclic) bond motifs is 1. The average molecular weight is 411 g/mol. The predicted octanol–water partition coefficient (Wildman–Crippen LogP) is 4.58. The SMILES string of the molecule is COC[C@H](C)n1c(S[C@@H](C)C(=O)c2ccc(C)c(C)c2)nc2ccccc2c1=O. The van der Waals surface area contributed by atoms with Crippen molar-refractivity contribution in [2.75, 3.05) is 13.7 Å². The first kappa shape index (κ1) is 21.3. The van der Waals surface area contributed by atoms with Crippen molar-refractivity contribution in [3.05, 3.63) is 69.5 Å². The third kappa shape index (κ3) is 4.43. The molecule has 3 rings (SSSR count). The summed E-state index contributed by atoms with van der Waals surface area (Å²) in [5.74, 6) is 0.0199. The van der Waals surface area contributed by atoms with Crippen LogP contribution in [0.2, 0.25) is 0 Å². The summed E-state index contributed by atoms with van der Waals surface area (Å²) in [5.41, 5.74) is 3.43. The molecule has 0 unspecified atom stereocenters. The number of hydrogen-bond donors (Lipinski definition) is 0. The fourth-order valence-corrected chi connectivity index (χ4v) is 4.34. The second-order valence-corrected chi connectivity index (χ2v) is 8.62. The molecule has 2 atom stereocenters. The number of carbonyl (C=O) groups is 1. The van der Waals surface area contributed by atoms with E-state index in [9.17, 15) is 9.59 Å². The Balaban J connectivity index is 2.01. The van der Waals surface area contributed by atoms with E-state index in [0.717, 1.165) is 11.1 Å². The first-order valence-electron chi connectivity index (χ1n) is 9.61. The lowest BCUT2D eigenvalue weighted by atomic mass is 10.0. The van der Waals surface area contributed by atoms with E-state index in [-0.39, 0.29) is 22.6 Å². The van der Waals surface area contributed by atoms with Crippen molar-refractivity contribution in [1.82, 2.24) is 9.55 Å². The van der Waals surface area contributed by atoms with Crippen LogP contribution in [0.15, 0.2) is 52.4 Å². The first-order valence-corrected chi connectivity index (χ1v) is 10.5. The van der Waals surface area contributed by atoms with E-state index in [0.29, 0.717) is 28.2 Å². The summed E-state index contributed by atoms with van der Waals surface area (Å²) in [5, 5.41) is 0.710. The van der Waals surface area contributed by atoms with E-state index in [1.165, 1.54) is 11.8 Å². The van der Waals surface area contributed by atoms with Gasteiger partial charge in [-0.15, -0.1) is 0 Å². The standard InChI is InChI=1S/C23H26N2O3S/c1-14-10-11-18(12-15(14)2)21(26)17(4)29-23-24-20-9-7-6-8-19(20)22(27)25(23)16(3)13-28-5/h6-12,16-17H,13H2,1-5H3/t16-,17-/m0/s1. The molecule has 6 heteroatoms. The number of aromatic nitrogens is 2. The Morgan fingerprint density at radius 3 is 2.55 bits per heavy atom. The van der Waals surface area contributed by atoms with Crippen LogP contribution in [0.4, 0.5) is 0 Å². The van der Waals surface area contributed by atoms with Crippen molar-refractivity contribution >= 4 is 28.4 Å². The molecule has 0 aliphatic heterocycles. The average Bonchev–Trinajstić information content (AvgIpc) is 2.69. The van der Waals surface area contributed by atoms with E-state index < -0.39 is 0 Å². The Morgan fingerprint density at radius 2 is 1.86 bits per heavy atom. The quantitative estimate of drug-likeness (QED) is 0.324. The number of ketones is 1. The number of nitrogens with zero attached hydrogens (tertiary/aromatic N) is 2. The highest BCUT2D eigenvalue weighted by Gasteiger charge is 2.23. The van der Waals surface area contributed by atoms with Gasteiger partial charge in [0.2, 0.25) is 0 Å². The first-order chi connectivity index (χ1) is 13.8. The molecule has 0 fully saturated rings. The topological polar surface area (TPSA) is 61.2 Å². The largest absolute Gasteiger partial charge is 0.383 e. The summed E-state index contributed by atoms with van der Waals surface area (Å²) in [7, 11) is 1.61. The summed E-state index contributed by atoms with van der Waals surface area (Å²) < 4.78 is 6.90. The number of carbonyl (C=O) groups excluding carboxylic acids is 1. The monoisotopic (exact) mass is 410 g/mol. The van der Waals surface area contributed by atoms with E-state index in [2.05, 4.69) is 0 Å². The number of Topliss-reactive ketones (excluding diaryl/α,β-unsaturated/α-hetero) is 1. The van der Waals surface area contributed by atoms with Gasteiger partial charge in [0.05, 0.1) is 28.8 Å². The highest BCUT2D eigenvalue weighted by Crippen LogP contribution is 2.27. The number of hydrogen-bond acceptors (Lipinski definition) is 5. The highest BCUT2D eigenvalue weighted by atomic mass is 32.2. The Morgan fingerprint density at radius 1 is 1.14 bits per heavy atom. The maximum atomic E-state index is 13.1. The molecule has 5 nitrogen and oxygen atoms in total. The molecular formula is C23H26N2O3S. The lowest BCUT2D eigenvalue weighted by Crippen LogP contribution is -2.29. The molecule has 0 saturated heterocycles. The third-order valence-electron chi connectivity index (χ3n) is 5.07. The Bertz CT molecular complexity index is 1110. The maximum Gasteiger partial charge on any atom is 0.262 e. The minimum Gasteiger partial charge on any atom is -0.383 e. The van der Waals surface area contributed by atoms with E-state index in [1.807, 2.05) is 64.1 Å². The molecule has 2 aromatic carbocycles. The molecule has 29 heavy (non-hydrogen) atoms. The maximum absolute atomic E-state index is 13.1. The summed E-state index contributed by atoms with van der Waals surface area (Å²) in [4.78, 5) is 30.9. The Hall–Kier alpha value is -2.44. The number of aryl methyl sites for hydroxylation is 2.